The van der Waals surface area contributed by atoms with Crippen molar-refractivity contribution in [2.45, 2.75) is 0 Å². The third kappa shape index (κ3) is 6.39. The van der Waals surface area contributed by atoms with Gasteiger partial charge >= 0.3 is 11.9 Å². The first-order valence-electron chi connectivity index (χ1n) is 10.6. The molecule has 0 unspecified atom stereocenters. The van der Waals surface area contributed by atoms with Gasteiger partial charge in [-0.1, -0.05) is 64.5 Å². The van der Waals surface area contributed by atoms with Crippen molar-refractivity contribution in [1.82, 2.24) is 0 Å². The summed E-state index contributed by atoms with van der Waals surface area (Å²) in [7, 11) is 5.70. The van der Waals surface area contributed by atoms with Crippen molar-refractivity contribution in [3.05, 3.63) is 92.5 Å². The van der Waals surface area contributed by atoms with Crippen molar-refractivity contribution in [2.75, 3.05) is 28.4 Å². The number of rotatable bonds is 8. The van der Waals surface area contributed by atoms with E-state index in [1.165, 1.54) is 28.4 Å². The fourth-order valence-electron chi connectivity index (χ4n) is 3.36. The summed E-state index contributed by atoms with van der Waals surface area (Å²) in [6.45, 7) is 0. The van der Waals surface area contributed by atoms with Gasteiger partial charge in [-0.05, 0) is 52.6 Å². The van der Waals surface area contributed by atoms with E-state index in [1.54, 1.807) is 24.3 Å². The van der Waals surface area contributed by atoms with E-state index in [2.05, 4.69) is 15.9 Å². The van der Waals surface area contributed by atoms with E-state index in [4.69, 9.17) is 18.9 Å². The molecular formula is C28H25BrO6. The molecule has 6 nitrogen and oxygen atoms in total. The van der Waals surface area contributed by atoms with Gasteiger partial charge in [-0.3, -0.25) is 0 Å². The highest BCUT2D eigenvalue weighted by atomic mass is 79.9. The third-order valence-corrected chi connectivity index (χ3v) is 5.89. The van der Waals surface area contributed by atoms with Crippen LogP contribution in [-0.2, 0) is 9.47 Å². The van der Waals surface area contributed by atoms with Gasteiger partial charge in [0, 0.05) is 4.47 Å². The van der Waals surface area contributed by atoms with Crippen molar-refractivity contribution < 1.29 is 28.5 Å². The van der Waals surface area contributed by atoms with E-state index in [1.807, 2.05) is 54.6 Å². The quantitative estimate of drug-likeness (QED) is 0.245. The van der Waals surface area contributed by atoms with Crippen molar-refractivity contribution in [1.29, 1.82) is 0 Å². The topological polar surface area (TPSA) is 71.1 Å². The van der Waals surface area contributed by atoms with Crippen molar-refractivity contribution in [3.63, 3.8) is 0 Å². The maximum absolute atomic E-state index is 12.0. The van der Waals surface area contributed by atoms with Crippen LogP contribution in [0.3, 0.4) is 0 Å². The van der Waals surface area contributed by atoms with Crippen LogP contribution in [-0.4, -0.2) is 40.4 Å². The summed E-state index contributed by atoms with van der Waals surface area (Å²) < 4.78 is 21.0. The number of hydrogen-bond donors (Lipinski definition) is 0. The van der Waals surface area contributed by atoms with Crippen LogP contribution in [0, 0.1) is 0 Å². The van der Waals surface area contributed by atoms with Gasteiger partial charge in [0.05, 0.1) is 28.4 Å². The lowest BCUT2D eigenvalue weighted by molar-refractivity contribution is 0.0588. The molecule has 0 heterocycles. The number of benzene rings is 3. The van der Waals surface area contributed by atoms with Crippen LogP contribution < -0.4 is 9.47 Å². The zero-order chi connectivity index (χ0) is 25.4. The molecule has 0 saturated heterocycles. The first-order chi connectivity index (χ1) is 16.9. The number of esters is 2. The highest BCUT2D eigenvalue weighted by molar-refractivity contribution is 9.10. The SMILES string of the molecule is COC(=O)c1cc(/C=C\c2ccc(/C=C/c3ccc(OC)c(C(=O)OC)c3)cc2Br)ccc1OC. The summed E-state index contributed by atoms with van der Waals surface area (Å²) >= 11 is 3.62. The molecule has 3 rings (SSSR count). The molecule has 35 heavy (non-hydrogen) atoms. The highest BCUT2D eigenvalue weighted by Gasteiger charge is 2.13. The Kier molecular flexibility index (Phi) is 8.86. The molecular weight excluding hydrogens is 512 g/mol. The van der Waals surface area contributed by atoms with E-state index >= 15 is 0 Å². The molecule has 180 valence electrons. The van der Waals surface area contributed by atoms with E-state index in [0.717, 1.165) is 26.7 Å². The minimum atomic E-state index is -0.454. The van der Waals surface area contributed by atoms with Crippen LogP contribution in [0.5, 0.6) is 11.5 Å². The van der Waals surface area contributed by atoms with Gasteiger partial charge in [0.15, 0.2) is 0 Å². The Morgan fingerprint density at radius 1 is 0.629 bits per heavy atom. The van der Waals surface area contributed by atoms with Gasteiger partial charge in [0.25, 0.3) is 0 Å². The second kappa shape index (κ2) is 12.0. The first-order valence-corrected chi connectivity index (χ1v) is 11.4. The van der Waals surface area contributed by atoms with E-state index in [9.17, 15) is 9.59 Å². The molecule has 0 aromatic heterocycles. The molecule has 0 saturated carbocycles. The lowest BCUT2D eigenvalue weighted by Crippen LogP contribution is -2.04. The predicted octanol–water partition coefficient (Wildman–Crippen LogP) is 6.38. The van der Waals surface area contributed by atoms with Gasteiger partial charge in [0.2, 0.25) is 0 Å². The number of hydrogen-bond acceptors (Lipinski definition) is 6. The number of carbonyl (C=O) groups excluding carboxylic acids is 2. The third-order valence-electron chi connectivity index (χ3n) is 5.21. The minimum Gasteiger partial charge on any atom is -0.496 e. The lowest BCUT2D eigenvalue weighted by Gasteiger charge is -2.08. The normalized spacial score (nSPS) is 11.0. The second-order valence-corrected chi connectivity index (χ2v) is 8.20. The Bertz CT molecular complexity index is 1290. The molecule has 7 heteroatoms. The van der Waals surface area contributed by atoms with Crippen LogP contribution in [0.2, 0.25) is 0 Å². The number of halogens is 1. The molecule has 0 aliphatic carbocycles. The average Bonchev–Trinajstić information content (AvgIpc) is 2.90. The van der Waals surface area contributed by atoms with Gasteiger partial charge in [-0.2, -0.15) is 0 Å². The monoisotopic (exact) mass is 536 g/mol. The molecule has 0 N–H and O–H groups in total. The summed E-state index contributed by atoms with van der Waals surface area (Å²) in [5.74, 6) is 0.0156. The van der Waals surface area contributed by atoms with Gasteiger partial charge in [0.1, 0.15) is 22.6 Å². The largest absolute Gasteiger partial charge is 0.496 e. The molecule has 0 spiro atoms. The van der Waals surface area contributed by atoms with Crippen LogP contribution >= 0.6 is 15.9 Å². The standard InChI is InChI=1S/C28H25BrO6/c1-32-25-13-9-18(15-22(25)27(30)34-3)5-6-20-8-12-21(24(29)17-20)11-7-19-10-14-26(33-2)23(16-19)28(31)35-4/h5-17H,1-4H3/b6-5+,11-7-. The molecule has 0 aliphatic heterocycles. The molecule has 0 atom stereocenters. The van der Waals surface area contributed by atoms with E-state index < -0.39 is 11.9 Å². The summed E-state index contributed by atoms with van der Waals surface area (Å²) in [4.78, 5) is 24.0. The Balaban J connectivity index is 1.80. The highest BCUT2D eigenvalue weighted by Crippen LogP contribution is 2.26. The maximum Gasteiger partial charge on any atom is 0.341 e. The van der Waals surface area contributed by atoms with Crippen molar-refractivity contribution in [2.24, 2.45) is 0 Å². The molecule has 0 aliphatic rings. The zero-order valence-corrected chi connectivity index (χ0v) is 21.4. The fourth-order valence-corrected chi connectivity index (χ4v) is 3.89. The van der Waals surface area contributed by atoms with Crippen LogP contribution in [0.1, 0.15) is 43.0 Å². The molecule has 3 aromatic rings. The van der Waals surface area contributed by atoms with E-state index in [0.29, 0.717) is 22.6 Å². The lowest BCUT2D eigenvalue weighted by atomic mass is 10.1. The average molecular weight is 537 g/mol. The van der Waals surface area contributed by atoms with Gasteiger partial charge in [-0.15, -0.1) is 0 Å². The Morgan fingerprint density at radius 2 is 1.06 bits per heavy atom. The summed E-state index contributed by atoms with van der Waals surface area (Å²) in [5.41, 5.74) is 4.35. The van der Waals surface area contributed by atoms with Crippen LogP contribution in [0.4, 0.5) is 0 Å². The molecule has 0 bridgehead atoms. The zero-order valence-electron chi connectivity index (χ0n) is 19.8. The van der Waals surface area contributed by atoms with Gasteiger partial charge in [-0.25, -0.2) is 9.59 Å². The minimum absolute atomic E-state index is 0.366. The predicted molar refractivity (Wildman–Crippen MR) is 141 cm³/mol. The summed E-state index contributed by atoms with van der Waals surface area (Å²) in [6.07, 6.45) is 7.72. The van der Waals surface area contributed by atoms with Gasteiger partial charge < -0.3 is 18.9 Å². The smallest absolute Gasteiger partial charge is 0.341 e. The second-order valence-electron chi connectivity index (χ2n) is 7.35. The number of ether oxygens (including phenoxy) is 4. The summed E-state index contributed by atoms with van der Waals surface area (Å²) in [5, 5.41) is 0. The number of methoxy groups -OCH3 is 4. The van der Waals surface area contributed by atoms with Crippen LogP contribution in [0.15, 0.2) is 59.1 Å². The van der Waals surface area contributed by atoms with Crippen LogP contribution in [0.25, 0.3) is 24.3 Å². The summed E-state index contributed by atoms with van der Waals surface area (Å²) in [6, 6.07) is 16.6. The molecule has 0 amide bonds. The first kappa shape index (κ1) is 25.8. The Morgan fingerprint density at radius 3 is 1.49 bits per heavy atom. The fraction of sp³-hybridized carbons (Fsp3) is 0.143. The molecule has 3 aromatic carbocycles. The van der Waals surface area contributed by atoms with E-state index in [-0.39, 0.29) is 0 Å². The maximum atomic E-state index is 12.0. The molecule has 0 fully saturated rings. The molecule has 0 radical (unpaired) electrons. The number of carbonyl (C=O) groups is 2. The van der Waals surface area contributed by atoms with Crippen molar-refractivity contribution in [3.8, 4) is 11.5 Å². The Hall–Kier alpha value is -3.84. The Labute approximate surface area is 212 Å². The van der Waals surface area contributed by atoms with Crippen molar-refractivity contribution >= 4 is 52.2 Å².